The molecule has 19 aromatic rings. The zero-order valence-electron chi connectivity index (χ0n) is 71.3. The minimum absolute atomic E-state index is 0.0870. The average molecular weight is 1570 g/mol. The van der Waals surface area contributed by atoms with Gasteiger partial charge in [0.25, 0.3) is 13.4 Å². The lowest BCUT2D eigenvalue weighted by molar-refractivity contribution is 0.568. The van der Waals surface area contributed by atoms with Crippen LogP contribution in [0.2, 0.25) is 0 Å². The van der Waals surface area contributed by atoms with Gasteiger partial charge in [-0.3, -0.25) is 0 Å². The molecule has 586 valence electrons. The van der Waals surface area contributed by atoms with Crippen molar-refractivity contribution in [1.29, 1.82) is 0 Å². The maximum atomic E-state index is 2.68. The lowest BCUT2D eigenvalue weighted by Gasteiger charge is -2.47. The number of rotatable bonds is 8. The van der Waals surface area contributed by atoms with Gasteiger partial charge < -0.3 is 28.7 Å². The molecule has 0 bridgehead atoms. The predicted molar refractivity (Wildman–Crippen MR) is 524 cm³/mol. The highest BCUT2D eigenvalue weighted by Gasteiger charge is 2.49. The molecule has 0 N–H and O–H groups in total. The summed E-state index contributed by atoms with van der Waals surface area (Å²) in [5.41, 5.74) is 37.6. The molecule has 8 heteroatoms. The molecule has 0 radical (unpaired) electrons. The summed E-state index contributed by atoms with van der Waals surface area (Å²) in [6.45, 7) is 27.8. The lowest BCUT2D eigenvalue weighted by Crippen LogP contribution is -2.65. The Kier molecular flexibility index (Phi) is 16.1. The summed E-state index contributed by atoms with van der Waals surface area (Å²) in [7, 11) is 0. The van der Waals surface area contributed by atoms with E-state index in [0.717, 1.165) is 102 Å². The van der Waals surface area contributed by atoms with Gasteiger partial charge in [-0.15, -0.1) is 0 Å². The number of para-hydroxylation sites is 8. The molecule has 0 amide bonds. The Morgan fingerprint density at radius 1 is 0.197 bits per heavy atom. The van der Waals surface area contributed by atoms with Crippen LogP contribution in [0.25, 0.3) is 98.8 Å². The summed E-state index contributed by atoms with van der Waals surface area (Å²) in [6, 6.07) is 135. The normalized spacial score (nSPS) is 13.6. The number of anilines is 12. The molecule has 4 aliphatic rings. The predicted octanol–water partition coefficient (Wildman–Crippen LogP) is 26.9. The smallest absolute Gasteiger partial charge is 0.252 e. The van der Waals surface area contributed by atoms with Gasteiger partial charge in [0.05, 0.1) is 33.4 Å². The van der Waals surface area contributed by atoms with E-state index in [2.05, 4.69) is 464 Å². The number of aromatic nitrogens is 2. The van der Waals surface area contributed by atoms with E-state index >= 15 is 0 Å². The molecule has 0 fully saturated rings. The maximum Gasteiger partial charge on any atom is 0.252 e. The SMILES string of the molecule is CC(C)(C)c1cc(-c2cc3c(c4ccccc24)c2ccccc2n3-c2cc3c4c(c2)N(c2ccccc2)c2cc5c(cc2B4c2ccccc2N3c2ccccc2)B2c3ccccc3N(c3ccccc3)c3cc(-n4c6ccccc6c6c7ccccc7c(-c7cc(C(C)(C)C)cc(C(C)(C)C)c7)cc64)cc(c32)N5c2ccccc2)cc(C(C)(C)C)c1. The van der Waals surface area contributed by atoms with Crippen molar-refractivity contribution in [2.75, 3.05) is 19.6 Å². The molecule has 122 heavy (non-hydrogen) atoms. The Morgan fingerprint density at radius 2 is 0.475 bits per heavy atom. The maximum absolute atomic E-state index is 2.68. The highest BCUT2D eigenvalue weighted by Crippen LogP contribution is 2.54. The first-order valence-electron chi connectivity index (χ1n) is 43.4. The number of hydrogen-bond donors (Lipinski definition) is 0. The summed E-state index contributed by atoms with van der Waals surface area (Å²) < 4.78 is 5.21. The molecule has 0 saturated carbocycles. The van der Waals surface area contributed by atoms with Gasteiger partial charge in [-0.2, -0.15) is 0 Å². The molecule has 4 aliphatic heterocycles. The molecular formula is C114H94B2N6. The van der Waals surface area contributed by atoms with Gasteiger partial charge in [-0.25, -0.2) is 0 Å². The van der Waals surface area contributed by atoms with E-state index < -0.39 is 0 Å². The number of benzene rings is 17. The summed E-state index contributed by atoms with van der Waals surface area (Å²) in [6.07, 6.45) is 0. The quantitative estimate of drug-likeness (QED) is 0.141. The van der Waals surface area contributed by atoms with Crippen LogP contribution in [0.15, 0.2) is 352 Å². The van der Waals surface area contributed by atoms with E-state index in [1.807, 2.05) is 0 Å². The molecule has 0 spiro atoms. The molecule has 17 aromatic carbocycles. The minimum Gasteiger partial charge on any atom is -0.311 e. The van der Waals surface area contributed by atoms with Gasteiger partial charge in [0.1, 0.15) is 0 Å². The van der Waals surface area contributed by atoms with E-state index in [1.165, 1.54) is 120 Å². The first kappa shape index (κ1) is 73.3. The van der Waals surface area contributed by atoms with Crippen molar-refractivity contribution in [3.8, 4) is 33.6 Å². The van der Waals surface area contributed by atoms with Crippen molar-refractivity contribution in [3.05, 3.63) is 374 Å². The van der Waals surface area contributed by atoms with Crippen molar-refractivity contribution in [2.24, 2.45) is 0 Å². The summed E-state index contributed by atoms with van der Waals surface area (Å²) >= 11 is 0. The molecule has 6 nitrogen and oxygen atoms in total. The first-order chi connectivity index (χ1) is 59.1. The number of hydrogen-bond acceptors (Lipinski definition) is 4. The van der Waals surface area contributed by atoms with Gasteiger partial charge >= 0.3 is 0 Å². The Morgan fingerprint density at radius 3 is 0.803 bits per heavy atom. The second-order valence-corrected chi connectivity index (χ2v) is 38.5. The van der Waals surface area contributed by atoms with Crippen LogP contribution < -0.4 is 52.4 Å². The zero-order valence-corrected chi connectivity index (χ0v) is 71.3. The Hall–Kier alpha value is -13.8. The van der Waals surface area contributed by atoms with E-state index in [9.17, 15) is 0 Å². The molecule has 6 heterocycles. The van der Waals surface area contributed by atoms with Crippen LogP contribution in [0.4, 0.5) is 68.2 Å². The van der Waals surface area contributed by atoms with Crippen LogP contribution >= 0.6 is 0 Å². The van der Waals surface area contributed by atoms with Gasteiger partial charge in [0, 0.05) is 89.8 Å². The number of nitrogens with zero attached hydrogens (tertiary/aromatic N) is 6. The van der Waals surface area contributed by atoms with E-state index in [1.54, 1.807) is 0 Å². The Bertz CT molecular complexity index is 7070. The lowest BCUT2D eigenvalue weighted by atomic mass is 9.30. The van der Waals surface area contributed by atoms with E-state index in [-0.39, 0.29) is 35.1 Å². The Labute approximate surface area is 716 Å². The van der Waals surface area contributed by atoms with Crippen LogP contribution in [0.1, 0.15) is 105 Å². The van der Waals surface area contributed by atoms with Gasteiger partial charge in [0.2, 0.25) is 0 Å². The monoisotopic (exact) mass is 1570 g/mol. The fourth-order valence-corrected chi connectivity index (χ4v) is 21.0. The van der Waals surface area contributed by atoms with Crippen LogP contribution in [0, 0.1) is 0 Å². The largest absolute Gasteiger partial charge is 0.311 e. The van der Waals surface area contributed by atoms with E-state index in [4.69, 9.17) is 0 Å². The third-order valence-corrected chi connectivity index (χ3v) is 26.9. The van der Waals surface area contributed by atoms with Gasteiger partial charge in [0.15, 0.2) is 0 Å². The van der Waals surface area contributed by atoms with Crippen LogP contribution in [0.5, 0.6) is 0 Å². The van der Waals surface area contributed by atoms with Gasteiger partial charge in [-0.1, -0.05) is 320 Å². The van der Waals surface area contributed by atoms with Gasteiger partial charge in [-0.05, 0) is 236 Å². The topological polar surface area (TPSA) is 22.8 Å². The standard InChI is InChI=1S/C114H94B2N6/c1-111(2,3)73-57-71(58-74(61-73)112(4,5)6)89-67-101-107(85-47-27-25-45-83(85)89)87-49-29-33-53-95(87)121(101)81-63-103-109-105(65-81)119(79-41-21-15-22-42-79)99-70-100-94(69-93(99)115(109)91-51-31-35-55-97(91)117(103)77-37-17-13-18-38-77)116-92-52-32-36-56-98(92)118(78-39-19-14-20-40-78)104-64-82(66-106(110(104)116)120(100)80-43-23-16-24-44-80)122-96-54-34-30-50-88(96)108-86-48-28-26-46-84(86)90(68-102(108)122)72-59-75(113(7,8)9)62-76(60-72)114(10,11)12/h13-70H,1-12H3. The van der Waals surface area contributed by atoms with Crippen molar-refractivity contribution in [3.63, 3.8) is 0 Å². The molecule has 2 aromatic heterocycles. The molecule has 0 saturated heterocycles. The third kappa shape index (κ3) is 11.2. The molecule has 23 rings (SSSR count). The van der Waals surface area contributed by atoms with Crippen LogP contribution in [-0.2, 0) is 21.7 Å². The molecule has 0 atom stereocenters. The highest BCUT2D eigenvalue weighted by molar-refractivity contribution is 7.03. The third-order valence-electron chi connectivity index (χ3n) is 26.9. The number of fused-ring (bicyclic) bond motifs is 18. The second kappa shape index (κ2) is 26.8. The minimum atomic E-state index is -0.216. The molecular weight excluding hydrogens is 1470 g/mol. The van der Waals surface area contributed by atoms with Crippen LogP contribution in [0.3, 0.4) is 0 Å². The van der Waals surface area contributed by atoms with Crippen LogP contribution in [-0.4, -0.2) is 22.6 Å². The molecule has 0 unspecified atom stereocenters. The fourth-order valence-electron chi connectivity index (χ4n) is 21.0. The summed E-state index contributed by atoms with van der Waals surface area (Å²) in [5.74, 6) is 0. The zero-order chi connectivity index (χ0) is 82.7. The fraction of sp³-hybridized carbons (Fsp3) is 0.140. The average Bonchev–Trinajstić information content (AvgIpc) is 0.812. The first-order valence-corrected chi connectivity index (χ1v) is 43.4. The molecule has 0 aliphatic carbocycles. The second-order valence-electron chi connectivity index (χ2n) is 38.5. The van der Waals surface area contributed by atoms with Crippen molar-refractivity contribution >= 4 is 180 Å². The highest BCUT2D eigenvalue weighted by atomic mass is 15.2. The summed E-state index contributed by atoms with van der Waals surface area (Å²) in [5, 5.41) is 9.87. The summed E-state index contributed by atoms with van der Waals surface area (Å²) in [4.78, 5) is 10.4. The Balaban J connectivity index is 0.824. The van der Waals surface area contributed by atoms with E-state index in [0.29, 0.717) is 0 Å². The van der Waals surface area contributed by atoms with Crippen molar-refractivity contribution in [1.82, 2.24) is 9.13 Å². The van der Waals surface area contributed by atoms with Crippen molar-refractivity contribution in [2.45, 2.75) is 105 Å². The van der Waals surface area contributed by atoms with Crippen molar-refractivity contribution < 1.29 is 0 Å².